The molecule has 1 saturated heterocycles. The van der Waals surface area contributed by atoms with Crippen LogP contribution in [-0.2, 0) is 11.3 Å². The lowest BCUT2D eigenvalue weighted by Gasteiger charge is -2.43. The van der Waals surface area contributed by atoms with E-state index in [0.29, 0.717) is 18.1 Å². The first-order chi connectivity index (χ1) is 13.0. The fraction of sp³-hybridized carbons (Fsp3) is 0.632. The predicted molar refractivity (Wildman–Crippen MR) is 102 cm³/mol. The van der Waals surface area contributed by atoms with Crippen molar-refractivity contribution >= 4 is 5.96 Å². The van der Waals surface area contributed by atoms with E-state index in [-0.39, 0.29) is 17.8 Å². The van der Waals surface area contributed by atoms with Gasteiger partial charge in [0, 0.05) is 37.4 Å². The van der Waals surface area contributed by atoms with Crippen LogP contribution in [0.4, 0.5) is 8.78 Å². The van der Waals surface area contributed by atoms with Gasteiger partial charge in [-0.3, -0.25) is 0 Å². The lowest BCUT2D eigenvalue weighted by Crippen LogP contribution is -2.57. The first kappa shape index (κ1) is 21.4. The Labute approximate surface area is 159 Å². The van der Waals surface area contributed by atoms with E-state index in [1.54, 1.807) is 18.2 Å². The molecule has 1 heterocycles. The quantitative estimate of drug-likeness (QED) is 0.533. The number of halogens is 2. The molecule has 0 radical (unpaired) electrons. The van der Waals surface area contributed by atoms with Crippen molar-refractivity contribution in [1.29, 1.82) is 0 Å². The second-order valence-corrected chi connectivity index (χ2v) is 6.77. The Morgan fingerprint density at radius 1 is 1.26 bits per heavy atom. The van der Waals surface area contributed by atoms with Crippen molar-refractivity contribution in [2.75, 3.05) is 40.4 Å². The van der Waals surface area contributed by atoms with Gasteiger partial charge in [0.15, 0.2) is 5.96 Å². The van der Waals surface area contributed by atoms with Crippen molar-refractivity contribution in [2.45, 2.75) is 38.5 Å². The van der Waals surface area contributed by atoms with Gasteiger partial charge in [-0.05, 0) is 39.9 Å². The summed E-state index contributed by atoms with van der Waals surface area (Å²) in [6.45, 7) is 2.30. The first-order valence-electron chi connectivity index (χ1n) is 9.27. The van der Waals surface area contributed by atoms with Crippen LogP contribution in [0.1, 0.15) is 25.3 Å². The average molecular weight is 384 g/mol. The maximum atomic E-state index is 12.6. The molecule has 0 aliphatic carbocycles. The zero-order chi connectivity index (χ0) is 19.7. The van der Waals surface area contributed by atoms with E-state index in [9.17, 15) is 8.78 Å². The monoisotopic (exact) mass is 384 g/mol. The van der Waals surface area contributed by atoms with Gasteiger partial charge in [-0.1, -0.05) is 18.2 Å². The second kappa shape index (κ2) is 10.4. The molecule has 0 aromatic heterocycles. The maximum Gasteiger partial charge on any atom is 0.387 e. The minimum Gasteiger partial charge on any atom is -0.434 e. The zero-order valence-electron chi connectivity index (χ0n) is 16.3. The zero-order valence-corrected chi connectivity index (χ0v) is 16.3. The average Bonchev–Trinajstić information content (AvgIpc) is 2.65. The van der Waals surface area contributed by atoms with Crippen LogP contribution >= 0.6 is 0 Å². The predicted octanol–water partition coefficient (Wildman–Crippen LogP) is 2.45. The Morgan fingerprint density at radius 3 is 2.59 bits per heavy atom. The Bertz CT molecular complexity index is 605. The number of rotatable bonds is 8. The number of nitrogens with one attached hydrogen (secondary N) is 2. The molecule has 27 heavy (non-hydrogen) atoms. The van der Waals surface area contributed by atoms with Crippen molar-refractivity contribution < 1.29 is 18.3 Å². The molecule has 2 N–H and O–H groups in total. The van der Waals surface area contributed by atoms with E-state index < -0.39 is 6.61 Å². The van der Waals surface area contributed by atoms with E-state index in [0.717, 1.165) is 32.6 Å². The van der Waals surface area contributed by atoms with Gasteiger partial charge in [-0.15, -0.1) is 0 Å². The van der Waals surface area contributed by atoms with E-state index >= 15 is 0 Å². The van der Waals surface area contributed by atoms with Crippen LogP contribution in [0.5, 0.6) is 5.75 Å². The molecular formula is C19H30F2N4O2. The van der Waals surface area contributed by atoms with Crippen LogP contribution in [0.25, 0.3) is 0 Å². The molecule has 1 aliphatic heterocycles. The number of likely N-dealkylation sites (N-methyl/N-ethyl adjacent to an activating group) is 1. The van der Waals surface area contributed by atoms with E-state index in [1.165, 1.54) is 6.07 Å². The highest BCUT2D eigenvalue weighted by Gasteiger charge is 2.34. The first-order valence-corrected chi connectivity index (χ1v) is 9.27. The number of para-hydroxylation sites is 1. The fourth-order valence-electron chi connectivity index (χ4n) is 3.13. The molecule has 0 atom stereocenters. The van der Waals surface area contributed by atoms with Gasteiger partial charge < -0.3 is 25.0 Å². The van der Waals surface area contributed by atoms with Gasteiger partial charge in [0.25, 0.3) is 0 Å². The Hall–Kier alpha value is -1.93. The third-order valence-corrected chi connectivity index (χ3v) is 4.90. The molecule has 2 rings (SSSR count). The van der Waals surface area contributed by atoms with Gasteiger partial charge in [0.1, 0.15) is 5.75 Å². The van der Waals surface area contributed by atoms with Crippen molar-refractivity contribution in [3.8, 4) is 5.75 Å². The molecule has 0 spiro atoms. The molecular weight excluding hydrogens is 354 g/mol. The molecule has 6 nitrogen and oxygen atoms in total. The number of ether oxygens (including phenoxy) is 2. The summed E-state index contributed by atoms with van der Waals surface area (Å²) in [6.07, 6.45) is 1.88. The SMILES string of the molecule is CCNC(=NCc1ccccc1OC(F)F)NCC1(N(C)C)CCOCC1. The van der Waals surface area contributed by atoms with Crippen LogP contribution < -0.4 is 15.4 Å². The summed E-state index contributed by atoms with van der Waals surface area (Å²) in [5, 5.41) is 6.60. The third-order valence-electron chi connectivity index (χ3n) is 4.90. The summed E-state index contributed by atoms with van der Waals surface area (Å²) in [6, 6.07) is 6.72. The molecule has 1 aromatic rings. The number of hydrogen-bond acceptors (Lipinski definition) is 4. The van der Waals surface area contributed by atoms with Gasteiger partial charge in [0.05, 0.1) is 6.54 Å². The third kappa shape index (κ3) is 6.32. The van der Waals surface area contributed by atoms with Crippen molar-refractivity contribution in [1.82, 2.24) is 15.5 Å². The van der Waals surface area contributed by atoms with Crippen LogP contribution in [-0.4, -0.2) is 63.4 Å². The molecule has 0 bridgehead atoms. The molecule has 1 aromatic carbocycles. The number of guanidine groups is 1. The topological polar surface area (TPSA) is 58.1 Å². The number of nitrogens with zero attached hydrogens (tertiary/aromatic N) is 2. The summed E-state index contributed by atoms with van der Waals surface area (Å²) in [5.41, 5.74) is 0.619. The van der Waals surface area contributed by atoms with Crippen LogP contribution in [0, 0.1) is 0 Å². The van der Waals surface area contributed by atoms with Crippen LogP contribution in [0.3, 0.4) is 0 Å². The lowest BCUT2D eigenvalue weighted by atomic mass is 9.88. The standard InChI is InChI=1S/C19H30F2N4O2/c1-4-22-18(24-14-19(25(2)3)9-11-26-12-10-19)23-13-15-7-5-6-8-16(15)27-17(20)21/h5-8,17H,4,9-14H2,1-3H3,(H2,22,23,24). The molecule has 0 saturated carbocycles. The summed E-state index contributed by atoms with van der Waals surface area (Å²) in [7, 11) is 4.16. The fourth-order valence-corrected chi connectivity index (χ4v) is 3.13. The Morgan fingerprint density at radius 2 is 1.96 bits per heavy atom. The minimum absolute atomic E-state index is 0.00509. The molecule has 0 amide bonds. The molecule has 8 heteroatoms. The van der Waals surface area contributed by atoms with Gasteiger partial charge in [-0.2, -0.15) is 8.78 Å². The van der Waals surface area contributed by atoms with Gasteiger partial charge >= 0.3 is 6.61 Å². The van der Waals surface area contributed by atoms with Gasteiger partial charge in [0.2, 0.25) is 0 Å². The summed E-state index contributed by atoms with van der Waals surface area (Å²) < 4.78 is 35.2. The maximum absolute atomic E-state index is 12.6. The highest BCUT2D eigenvalue weighted by Crippen LogP contribution is 2.25. The largest absolute Gasteiger partial charge is 0.434 e. The summed E-state index contributed by atoms with van der Waals surface area (Å²) in [4.78, 5) is 6.78. The molecule has 1 fully saturated rings. The van der Waals surface area contributed by atoms with E-state index in [2.05, 4.69) is 39.4 Å². The van der Waals surface area contributed by atoms with Gasteiger partial charge in [-0.25, -0.2) is 4.99 Å². The summed E-state index contributed by atoms with van der Waals surface area (Å²) >= 11 is 0. The number of benzene rings is 1. The Balaban J connectivity index is 2.06. The number of aliphatic imine (C=N–C) groups is 1. The molecule has 152 valence electrons. The Kier molecular flexibility index (Phi) is 8.24. The lowest BCUT2D eigenvalue weighted by molar-refractivity contribution is -0.0504. The number of alkyl halides is 2. The highest BCUT2D eigenvalue weighted by molar-refractivity contribution is 5.79. The molecule has 0 unspecified atom stereocenters. The van der Waals surface area contributed by atoms with E-state index in [4.69, 9.17) is 4.74 Å². The van der Waals surface area contributed by atoms with Crippen molar-refractivity contribution in [3.05, 3.63) is 29.8 Å². The highest BCUT2D eigenvalue weighted by atomic mass is 19.3. The van der Waals surface area contributed by atoms with E-state index in [1.807, 2.05) is 6.92 Å². The summed E-state index contributed by atoms with van der Waals surface area (Å²) in [5.74, 6) is 0.804. The second-order valence-electron chi connectivity index (χ2n) is 6.77. The normalized spacial score (nSPS) is 17.2. The smallest absolute Gasteiger partial charge is 0.387 e. The van der Waals surface area contributed by atoms with Crippen LogP contribution in [0.15, 0.2) is 29.3 Å². The number of hydrogen-bond donors (Lipinski definition) is 2. The van der Waals surface area contributed by atoms with Crippen molar-refractivity contribution in [2.24, 2.45) is 4.99 Å². The molecule has 1 aliphatic rings. The van der Waals surface area contributed by atoms with Crippen molar-refractivity contribution in [3.63, 3.8) is 0 Å². The minimum atomic E-state index is -2.85. The van der Waals surface area contributed by atoms with Crippen LogP contribution in [0.2, 0.25) is 0 Å².